The van der Waals surface area contributed by atoms with E-state index in [2.05, 4.69) is 17.1 Å². The third-order valence-electron chi connectivity index (χ3n) is 6.00. The Kier molecular flexibility index (Phi) is 9.74. The highest BCUT2D eigenvalue weighted by Crippen LogP contribution is 2.38. The van der Waals surface area contributed by atoms with Crippen LogP contribution in [-0.2, 0) is 16.0 Å². The zero-order valence-electron chi connectivity index (χ0n) is 20.0. The smallest absolute Gasteiger partial charge is 0.203 e. The molecule has 8 nitrogen and oxygen atoms in total. The van der Waals surface area contributed by atoms with Gasteiger partial charge in [-0.2, -0.15) is 0 Å². The summed E-state index contributed by atoms with van der Waals surface area (Å²) in [5, 5.41) is 3.43. The van der Waals surface area contributed by atoms with Crippen LogP contribution in [0, 0.1) is 0 Å². The molecule has 1 N–H and O–H groups in total. The molecule has 1 unspecified atom stereocenters. The third kappa shape index (κ3) is 6.65. The molecule has 0 aromatic heterocycles. The van der Waals surface area contributed by atoms with Crippen LogP contribution in [0.15, 0.2) is 17.1 Å². The van der Waals surface area contributed by atoms with Gasteiger partial charge >= 0.3 is 0 Å². The SMILES string of the molecule is CCNC(=NCc1cc(OC)c(OC)c(OC)c1)N1CCC(OCC2CCCCO2)CC1. The van der Waals surface area contributed by atoms with E-state index in [-0.39, 0.29) is 6.10 Å². The van der Waals surface area contributed by atoms with Gasteiger partial charge in [-0.15, -0.1) is 0 Å². The van der Waals surface area contributed by atoms with Crippen molar-refractivity contribution < 1.29 is 23.7 Å². The molecule has 0 radical (unpaired) electrons. The minimum atomic E-state index is 0.277. The van der Waals surface area contributed by atoms with Crippen molar-refractivity contribution in [3.63, 3.8) is 0 Å². The fraction of sp³-hybridized carbons (Fsp3) is 0.708. The molecule has 1 atom stereocenters. The number of ether oxygens (including phenoxy) is 5. The largest absolute Gasteiger partial charge is 0.493 e. The monoisotopic (exact) mass is 449 g/mol. The van der Waals surface area contributed by atoms with Gasteiger partial charge in [-0.05, 0) is 56.7 Å². The van der Waals surface area contributed by atoms with Crippen molar-refractivity contribution in [2.75, 3.05) is 54.2 Å². The lowest BCUT2D eigenvalue weighted by molar-refractivity contribution is -0.0721. The first-order valence-electron chi connectivity index (χ1n) is 11.7. The summed E-state index contributed by atoms with van der Waals surface area (Å²) < 4.78 is 28.3. The normalized spacial score (nSPS) is 20.2. The molecule has 32 heavy (non-hydrogen) atoms. The Morgan fingerprint density at radius 1 is 1.06 bits per heavy atom. The predicted octanol–water partition coefficient (Wildman–Crippen LogP) is 3.23. The van der Waals surface area contributed by atoms with E-state index in [1.54, 1.807) is 21.3 Å². The van der Waals surface area contributed by atoms with E-state index in [0.29, 0.717) is 29.9 Å². The molecule has 2 aliphatic heterocycles. The van der Waals surface area contributed by atoms with Gasteiger partial charge in [0.1, 0.15) is 0 Å². The maximum Gasteiger partial charge on any atom is 0.203 e. The molecular weight excluding hydrogens is 410 g/mol. The molecule has 180 valence electrons. The van der Waals surface area contributed by atoms with Gasteiger partial charge < -0.3 is 33.9 Å². The second-order valence-electron chi connectivity index (χ2n) is 8.21. The molecule has 1 aromatic carbocycles. The Bertz CT molecular complexity index is 703. The summed E-state index contributed by atoms with van der Waals surface area (Å²) in [6.07, 6.45) is 6.13. The van der Waals surface area contributed by atoms with E-state index in [4.69, 9.17) is 28.7 Å². The van der Waals surface area contributed by atoms with E-state index in [9.17, 15) is 0 Å². The molecule has 0 saturated carbocycles. The predicted molar refractivity (Wildman–Crippen MR) is 125 cm³/mol. The highest BCUT2D eigenvalue weighted by Gasteiger charge is 2.24. The first-order chi connectivity index (χ1) is 15.7. The highest BCUT2D eigenvalue weighted by molar-refractivity contribution is 5.80. The molecule has 2 saturated heterocycles. The fourth-order valence-corrected chi connectivity index (χ4v) is 4.24. The van der Waals surface area contributed by atoms with Crippen molar-refractivity contribution in [2.24, 2.45) is 4.99 Å². The first kappa shape index (κ1) is 24.5. The van der Waals surface area contributed by atoms with E-state index < -0.39 is 0 Å². The summed E-state index contributed by atoms with van der Waals surface area (Å²) in [7, 11) is 4.86. The van der Waals surface area contributed by atoms with Gasteiger partial charge in [-0.25, -0.2) is 4.99 Å². The number of hydrogen-bond donors (Lipinski definition) is 1. The summed E-state index contributed by atoms with van der Waals surface area (Å²) in [5.41, 5.74) is 1.00. The van der Waals surface area contributed by atoms with Gasteiger partial charge in [-0.1, -0.05) is 0 Å². The average Bonchev–Trinajstić information content (AvgIpc) is 2.85. The second kappa shape index (κ2) is 12.7. The standard InChI is InChI=1S/C24H39N3O5/c1-5-25-24(26-16-18-14-21(28-2)23(30-4)22(15-18)29-3)27-11-9-19(10-12-27)32-17-20-8-6-7-13-31-20/h14-15,19-20H,5-13,16-17H2,1-4H3,(H,25,26). The number of rotatable bonds is 9. The van der Waals surface area contributed by atoms with Crippen molar-refractivity contribution in [2.45, 2.75) is 57.8 Å². The van der Waals surface area contributed by atoms with Crippen LogP contribution < -0.4 is 19.5 Å². The van der Waals surface area contributed by atoms with Crippen molar-refractivity contribution in [1.82, 2.24) is 10.2 Å². The maximum absolute atomic E-state index is 6.16. The number of nitrogens with zero attached hydrogens (tertiary/aromatic N) is 2. The van der Waals surface area contributed by atoms with Gasteiger partial charge in [-0.3, -0.25) is 0 Å². The summed E-state index contributed by atoms with van der Waals surface area (Å²) in [4.78, 5) is 7.19. The number of likely N-dealkylation sites (tertiary alicyclic amines) is 1. The summed E-state index contributed by atoms with van der Waals surface area (Å²) in [6, 6.07) is 3.89. The fourth-order valence-electron chi connectivity index (χ4n) is 4.24. The van der Waals surface area contributed by atoms with Gasteiger partial charge in [0.2, 0.25) is 5.75 Å². The Morgan fingerprint density at radius 2 is 1.78 bits per heavy atom. The number of benzene rings is 1. The van der Waals surface area contributed by atoms with Crippen LogP contribution in [0.1, 0.15) is 44.6 Å². The van der Waals surface area contributed by atoms with E-state index in [1.807, 2.05) is 12.1 Å². The van der Waals surface area contributed by atoms with E-state index in [1.165, 1.54) is 12.8 Å². The molecule has 0 bridgehead atoms. The Morgan fingerprint density at radius 3 is 2.34 bits per heavy atom. The van der Waals surface area contributed by atoms with Crippen LogP contribution in [0.25, 0.3) is 0 Å². The number of methoxy groups -OCH3 is 3. The molecule has 2 fully saturated rings. The molecule has 0 spiro atoms. The van der Waals surface area contributed by atoms with Gasteiger partial charge in [0.15, 0.2) is 17.5 Å². The van der Waals surface area contributed by atoms with Crippen molar-refractivity contribution >= 4 is 5.96 Å². The van der Waals surface area contributed by atoms with Gasteiger partial charge in [0, 0.05) is 26.2 Å². The zero-order valence-corrected chi connectivity index (χ0v) is 20.0. The number of aliphatic imine (C=N–C) groups is 1. The summed E-state index contributed by atoms with van der Waals surface area (Å²) >= 11 is 0. The summed E-state index contributed by atoms with van der Waals surface area (Å²) in [6.45, 7) is 6.89. The number of guanidine groups is 1. The molecule has 0 aliphatic carbocycles. The van der Waals surface area contributed by atoms with Crippen LogP contribution >= 0.6 is 0 Å². The van der Waals surface area contributed by atoms with Crippen LogP contribution in [0.5, 0.6) is 17.2 Å². The average molecular weight is 450 g/mol. The topological polar surface area (TPSA) is 73.8 Å². The first-order valence-corrected chi connectivity index (χ1v) is 11.7. The summed E-state index contributed by atoms with van der Waals surface area (Å²) in [5.74, 6) is 2.80. The zero-order chi connectivity index (χ0) is 22.8. The molecule has 1 aromatic rings. The molecule has 3 rings (SSSR count). The van der Waals surface area contributed by atoms with Crippen LogP contribution in [0.2, 0.25) is 0 Å². The Hall–Kier alpha value is -2.19. The van der Waals surface area contributed by atoms with E-state index >= 15 is 0 Å². The Labute approximate surface area is 192 Å². The van der Waals surface area contributed by atoms with Crippen molar-refractivity contribution in [3.05, 3.63) is 17.7 Å². The Balaban J connectivity index is 1.57. The van der Waals surface area contributed by atoms with Crippen LogP contribution in [0.3, 0.4) is 0 Å². The minimum Gasteiger partial charge on any atom is -0.493 e. The molecule has 2 aliphatic rings. The van der Waals surface area contributed by atoms with Gasteiger partial charge in [0.05, 0.1) is 46.7 Å². The molecule has 8 heteroatoms. The molecule has 0 amide bonds. The van der Waals surface area contributed by atoms with Gasteiger partial charge in [0.25, 0.3) is 0 Å². The van der Waals surface area contributed by atoms with Crippen LogP contribution in [0.4, 0.5) is 0 Å². The maximum atomic E-state index is 6.16. The third-order valence-corrected chi connectivity index (χ3v) is 6.00. The molecule has 2 heterocycles. The number of nitrogens with one attached hydrogen (secondary N) is 1. The second-order valence-corrected chi connectivity index (χ2v) is 8.21. The lowest BCUT2D eigenvalue weighted by Crippen LogP contribution is -2.47. The quantitative estimate of drug-likeness (QED) is 0.458. The number of hydrogen-bond acceptors (Lipinski definition) is 6. The highest BCUT2D eigenvalue weighted by atomic mass is 16.5. The lowest BCUT2D eigenvalue weighted by Gasteiger charge is -2.35. The van der Waals surface area contributed by atoms with Crippen LogP contribution in [-0.4, -0.2) is 77.2 Å². The van der Waals surface area contributed by atoms with E-state index in [0.717, 1.165) is 63.6 Å². The number of piperidine rings is 1. The molecular formula is C24H39N3O5. The van der Waals surface area contributed by atoms with Crippen molar-refractivity contribution in [3.8, 4) is 17.2 Å². The lowest BCUT2D eigenvalue weighted by atomic mass is 10.1. The van der Waals surface area contributed by atoms with Crippen molar-refractivity contribution in [1.29, 1.82) is 0 Å². The minimum absolute atomic E-state index is 0.277.